The molecule has 0 aliphatic carbocycles. The zero-order valence-corrected chi connectivity index (χ0v) is 20.7. The van der Waals surface area contributed by atoms with Gasteiger partial charge in [0.15, 0.2) is 0 Å². The zero-order valence-electron chi connectivity index (χ0n) is 20.7. The number of nitro benzene ring substituents is 1. The second kappa shape index (κ2) is 14.5. The van der Waals surface area contributed by atoms with Crippen molar-refractivity contribution in [2.24, 2.45) is 11.7 Å². The van der Waals surface area contributed by atoms with Crippen molar-refractivity contribution in [2.75, 3.05) is 25.1 Å². The quantitative estimate of drug-likeness (QED) is 0.183. The highest BCUT2D eigenvalue weighted by atomic mass is 16.6. The van der Waals surface area contributed by atoms with Crippen molar-refractivity contribution in [1.82, 2.24) is 0 Å². The van der Waals surface area contributed by atoms with E-state index in [0.29, 0.717) is 17.2 Å². The Hall–Kier alpha value is -2.93. The number of nitrogens with one attached hydrogen (secondary N) is 1. The molecule has 1 amide bonds. The zero-order chi connectivity index (χ0) is 24.9. The highest BCUT2D eigenvalue weighted by Crippen LogP contribution is 2.27. The number of amides is 1. The first-order chi connectivity index (χ1) is 17.0. The molecule has 0 radical (unpaired) electrons. The van der Waals surface area contributed by atoms with Crippen LogP contribution < -0.4 is 11.1 Å². The van der Waals surface area contributed by atoms with Crippen molar-refractivity contribution in [1.29, 1.82) is 0 Å². The van der Waals surface area contributed by atoms with Crippen molar-refractivity contribution in [3.05, 3.63) is 69.3 Å². The van der Waals surface area contributed by atoms with Crippen molar-refractivity contribution in [3.63, 3.8) is 0 Å². The molecule has 1 heterocycles. The summed E-state index contributed by atoms with van der Waals surface area (Å²) < 4.78 is 5.39. The van der Waals surface area contributed by atoms with Gasteiger partial charge in [0.2, 0.25) is 5.91 Å². The van der Waals surface area contributed by atoms with Crippen LogP contribution in [0.5, 0.6) is 0 Å². The molecular formula is C28H39N3O4. The lowest BCUT2D eigenvalue weighted by atomic mass is 9.99. The third-order valence-corrected chi connectivity index (χ3v) is 6.88. The van der Waals surface area contributed by atoms with Gasteiger partial charge in [-0.3, -0.25) is 14.9 Å². The number of hydrogen-bond acceptors (Lipinski definition) is 5. The van der Waals surface area contributed by atoms with Gasteiger partial charge in [-0.15, -0.1) is 0 Å². The maximum absolute atomic E-state index is 11.6. The summed E-state index contributed by atoms with van der Waals surface area (Å²) in [5, 5.41) is 14.9. The van der Waals surface area contributed by atoms with Gasteiger partial charge < -0.3 is 15.8 Å². The number of rotatable bonds is 15. The standard InChI is InChI=1S/C28H39N3O4/c29-28(32)25-13-9-8-12-24(25)11-7-5-3-1-2-4-6-10-22-14-15-26(27(20-22)31(33)34)30-21-23-16-18-35-19-17-23/h8-9,12-15,20,23,30H,1-7,10-11,16-19,21H2,(H2,29,32). The van der Waals surface area contributed by atoms with Crippen LogP contribution in [0.1, 0.15) is 79.3 Å². The van der Waals surface area contributed by atoms with Crippen LogP contribution in [0.3, 0.4) is 0 Å². The fourth-order valence-corrected chi connectivity index (χ4v) is 4.75. The number of carbonyl (C=O) groups excluding carboxylic acids is 1. The van der Waals surface area contributed by atoms with E-state index in [1.54, 1.807) is 12.1 Å². The molecule has 1 aliphatic rings. The molecule has 1 aliphatic heterocycles. The molecule has 0 unspecified atom stereocenters. The number of primary amides is 1. The van der Waals surface area contributed by atoms with Gasteiger partial charge in [-0.1, -0.05) is 56.4 Å². The highest BCUT2D eigenvalue weighted by molar-refractivity contribution is 5.94. The minimum atomic E-state index is -0.355. The molecule has 2 aromatic carbocycles. The Morgan fingerprint density at radius 2 is 1.63 bits per heavy atom. The molecule has 0 bridgehead atoms. The average molecular weight is 482 g/mol. The number of unbranched alkanes of at least 4 members (excludes halogenated alkanes) is 6. The van der Waals surface area contributed by atoms with E-state index < -0.39 is 0 Å². The van der Waals surface area contributed by atoms with Crippen LogP contribution in [0.25, 0.3) is 0 Å². The second-order valence-corrected chi connectivity index (χ2v) is 9.54. The maximum atomic E-state index is 11.6. The summed E-state index contributed by atoms with van der Waals surface area (Å²) in [6.45, 7) is 2.30. The van der Waals surface area contributed by atoms with Gasteiger partial charge in [-0.2, -0.15) is 0 Å². The first-order valence-corrected chi connectivity index (χ1v) is 13.0. The number of benzene rings is 2. The van der Waals surface area contributed by atoms with Crippen LogP contribution in [0.2, 0.25) is 0 Å². The molecule has 0 spiro atoms. The molecule has 7 heteroatoms. The summed E-state index contributed by atoms with van der Waals surface area (Å²) >= 11 is 0. The SMILES string of the molecule is NC(=O)c1ccccc1CCCCCCCCCc1ccc(NCC2CCOCC2)c([N+](=O)[O-])c1. The van der Waals surface area contributed by atoms with Crippen LogP contribution in [0, 0.1) is 16.0 Å². The van der Waals surface area contributed by atoms with Crippen LogP contribution in [0.4, 0.5) is 11.4 Å². The summed E-state index contributed by atoms with van der Waals surface area (Å²) in [7, 11) is 0. The largest absolute Gasteiger partial charge is 0.381 e. The Bertz CT molecular complexity index is 957. The van der Waals surface area contributed by atoms with Crippen LogP contribution >= 0.6 is 0 Å². The lowest BCUT2D eigenvalue weighted by Crippen LogP contribution is -2.22. The summed E-state index contributed by atoms with van der Waals surface area (Å²) in [5.74, 6) is 0.154. The Kier molecular flexibility index (Phi) is 11.0. The van der Waals surface area contributed by atoms with Gasteiger partial charge in [0.1, 0.15) is 5.69 Å². The lowest BCUT2D eigenvalue weighted by Gasteiger charge is -2.22. The predicted octanol–water partition coefficient (Wildman–Crippen LogP) is 6.05. The van der Waals surface area contributed by atoms with E-state index in [2.05, 4.69) is 5.32 Å². The Morgan fingerprint density at radius 1 is 0.971 bits per heavy atom. The van der Waals surface area contributed by atoms with Crippen LogP contribution in [-0.2, 0) is 17.6 Å². The summed E-state index contributed by atoms with van der Waals surface area (Å²) in [4.78, 5) is 22.8. The van der Waals surface area contributed by atoms with Crippen molar-refractivity contribution >= 4 is 17.3 Å². The van der Waals surface area contributed by atoms with Gasteiger partial charge in [0, 0.05) is 31.4 Å². The number of hydrogen-bond donors (Lipinski definition) is 2. The Balaban J connectivity index is 1.31. The van der Waals surface area contributed by atoms with E-state index in [4.69, 9.17) is 10.5 Å². The minimum Gasteiger partial charge on any atom is -0.381 e. The number of carbonyl (C=O) groups is 1. The number of ether oxygens (including phenoxy) is 1. The summed E-state index contributed by atoms with van der Waals surface area (Å²) in [6, 6.07) is 13.2. The molecule has 1 fully saturated rings. The fourth-order valence-electron chi connectivity index (χ4n) is 4.75. The molecular weight excluding hydrogens is 442 g/mol. The van der Waals surface area contributed by atoms with E-state index in [0.717, 1.165) is 82.3 Å². The predicted molar refractivity (Wildman–Crippen MR) is 140 cm³/mol. The molecule has 0 atom stereocenters. The molecule has 0 saturated carbocycles. The number of nitrogens with zero attached hydrogens (tertiary/aromatic N) is 1. The number of anilines is 1. The smallest absolute Gasteiger partial charge is 0.292 e. The topological polar surface area (TPSA) is 107 Å². The highest BCUT2D eigenvalue weighted by Gasteiger charge is 2.18. The van der Waals surface area contributed by atoms with E-state index in [1.807, 2.05) is 30.3 Å². The van der Waals surface area contributed by atoms with Crippen molar-refractivity contribution in [3.8, 4) is 0 Å². The Morgan fingerprint density at radius 3 is 2.31 bits per heavy atom. The van der Waals surface area contributed by atoms with Gasteiger partial charge in [0.05, 0.1) is 4.92 Å². The monoisotopic (exact) mass is 481 g/mol. The molecule has 2 aromatic rings. The number of aryl methyl sites for hydroxylation is 2. The van der Waals surface area contributed by atoms with Crippen molar-refractivity contribution in [2.45, 2.75) is 70.6 Å². The first-order valence-electron chi connectivity index (χ1n) is 13.0. The van der Waals surface area contributed by atoms with Crippen LogP contribution in [0.15, 0.2) is 42.5 Å². The third-order valence-electron chi connectivity index (χ3n) is 6.88. The molecule has 1 saturated heterocycles. The summed E-state index contributed by atoms with van der Waals surface area (Å²) in [5.41, 5.74) is 8.94. The molecule has 3 N–H and O–H groups in total. The summed E-state index contributed by atoms with van der Waals surface area (Å²) in [6.07, 6.45) is 11.7. The van der Waals surface area contributed by atoms with E-state index >= 15 is 0 Å². The van der Waals surface area contributed by atoms with E-state index in [1.165, 1.54) is 19.3 Å². The second-order valence-electron chi connectivity index (χ2n) is 9.54. The van der Waals surface area contributed by atoms with Crippen molar-refractivity contribution < 1.29 is 14.5 Å². The number of nitrogens with two attached hydrogens (primary N) is 1. The molecule has 0 aromatic heterocycles. The third kappa shape index (κ3) is 8.98. The average Bonchev–Trinajstić information content (AvgIpc) is 2.87. The van der Waals surface area contributed by atoms with Gasteiger partial charge in [0.25, 0.3) is 5.69 Å². The molecule has 3 rings (SSSR count). The molecule has 190 valence electrons. The van der Waals surface area contributed by atoms with E-state index in [-0.39, 0.29) is 16.5 Å². The lowest BCUT2D eigenvalue weighted by molar-refractivity contribution is -0.384. The van der Waals surface area contributed by atoms with Gasteiger partial charge >= 0.3 is 0 Å². The Labute approximate surface area is 208 Å². The minimum absolute atomic E-state index is 0.174. The fraction of sp³-hybridized carbons (Fsp3) is 0.536. The molecule has 7 nitrogen and oxygen atoms in total. The normalized spacial score (nSPS) is 14.1. The molecule has 35 heavy (non-hydrogen) atoms. The van der Waals surface area contributed by atoms with Crippen LogP contribution in [-0.4, -0.2) is 30.6 Å². The first kappa shape index (κ1) is 26.7. The van der Waals surface area contributed by atoms with E-state index in [9.17, 15) is 14.9 Å². The van der Waals surface area contributed by atoms with Gasteiger partial charge in [-0.25, -0.2) is 0 Å². The number of nitro groups is 1. The van der Waals surface area contributed by atoms with Gasteiger partial charge in [-0.05, 0) is 67.7 Å². The maximum Gasteiger partial charge on any atom is 0.292 e.